The molecule has 2 aromatic rings. The molecule has 34 heavy (non-hydrogen) atoms. The van der Waals surface area contributed by atoms with Gasteiger partial charge in [0.15, 0.2) is 17.6 Å². The number of ether oxygens (including phenoxy) is 2. The molecule has 6 nitrogen and oxygen atoms in total. The molecule has 180 valence electrons. The summed E-state index contributed by atoms with van der Waals surface area (Å²) in [5.41, 5.74) is 1.30. The van der Waals surface area contributed by atoms with Crippen LogP contribution in [0.5, 0.6) is 11.5 Å². The van der Waals surface area contributed by atoms with E-state index in [1.54, 1.807) is 11.0 Å². The van der Waals surface area contributed by atoms with Crippen molar-refractivity contribution in [1.29, 1.82) is 0 Å². The predicted molar refractivity (Wildman–Crippen MR) is 117 cm³/mol. The van der Waals surface area contributed by atoms with E-state index in [1.165, 1.54) is 6.07 Å². The maximum atomic E-state index is 13.3. The average molecular weight is 474 g/mol. The Morgan fingerprint density at radius 2 is 1.85 bits per heavy atom. The quantitative estimate of drug-likeness (QED) is 0.581. The average Bonchev–Trinajstić information content (AvgIpc) is 3.59. The molecule has 1 atom stereocenters. The summed E-state index contributed by atoms with van der Waals surface area (Å²) in [6, 6.07) is 10.7. The molecule has 2 heterocycles. The lowest BCUT2D eigenvalue weighted by molar-refractivity contribution is -0.137. The standard InChI is InChI=1S/C25H25F3N2O4/c26-25(27,28)19-7-3-4-16(10-19)13-30(24(31)17-5-1-2-6-17)14-20-12-21(29-34-20)18-8-9-22-23(11-18)33-15-32-22/h3-4,7-11,17,20H,1-2,5-6,12-15H2/t20-/m0/s1. The van der Waals surface area contributed by atoms with Gasteiger partial charge in [-0.3, -0.25) is 4.79 Å². The number of carbonyl (C=O) groups is 1. The van der Waals surface area contributed by atoms with Gasteiger partial charge < -0.3 is 19.2 Å². The Balaban J connectivity index is 1.30. The Bertz CT molecular complexity index is 1100. The lowest BCUT2D eigenvalue weighted by Gasteiger charge is -2.28. The van der Waals surface area contributed by atoms with Crippen LogP contribution in [0.4, 0.5) is 13.2 Å². The molecule has 2 aromatic carbocycles. The van der Waals surface area contributed by atoms with Gasteiger partial charge >= 0.3 is 6.18 Å². The van der Waals surface area contributed by atoms with Gasteiger partial charge in [0.1, 0.15) is 0 Å². The fourth-order valence-corrected chi connectivity index (χ4v) is 4.75. The van der Waals surface area contributed by atoms with Crippen LogP contribution in [0.3, 0.4) is 0 Å². The van der Waals surface area contributed by atoms with E-state index < -0.39 is 11.7 Å². The molecule has 0 saturated heterocycles. The molecule has 9 heteroatoms. The number of rotatable bonds is 6. The van der Waals surface area contributed by atoms with E-state index >= 15 is 0 Å². The molecule has 5 rings (SSSR count). The lowest BCUT2D eigenvalue weighted by atomic mass is 10.0. The highest BCUT2D eigenvalue weighted by molar-refractivity contribution is 6.01. The number of hydrogen-bond donors (Lipinski definition) is 0. The summed E-state index contributed by atoms with van der Waals surface area (Å²) in [7, 11) is 0. The highest BCUT2D eigenvalue weighted by Crippen LogP contribution is 2.34. The topological polar surface area (TPSA) is 60.4 Å². The normalized spacial score (nSPS) is 19.7. The molecule has 1 aliphatic carbocycles. The number of oxime groups is 1. The predicted octanol–water partition coefficient (Wildman–Crippen LogP) is 5.15. The van der Waals surface area contributed by atoms with Crippen molar-refractivity contribution in [3.05, 3.63) is 59.2 Å². The summed E-state index contributed by atoms with van der Waals surface area (Å²) in [5.74, 6) is 1.19. The molecule has 0 radical (unpaired) electrons. The van der Waals surface area contributed by atoms with E-state index in [0.717, 1.165) is 49.1 Å². The van der Waals surface area contributed by atoms with Crippen molar-refractivity contribution in [1.82, 2.24) is 4.90 Å². The van der Waals surface area contributed by atoms with E-state index in [4.69, 9.17) is 14.3 Å². The van der Waals surface area contributed by atoms with Crippen molar-refractivity contribution < 1.29 is 32.3 Å². The van der Waals surface area contributed by atoms with E-state index in [1.807, 2.05) is 18.2 Å². The number of amides is 1. The van der Waals surface area contributed by atoms with Crippen molar-refractivity contribution in [2.24, 2.45) is 11.1 Å². The van der Waals surface area contributed by atoms with Gasteiger partial charge in [0.2, 0.25) is 12.7 Å². The summed E-state index contributed by atoms with van der Waals surface area (Å²) in [5, 5.41) is 4.21. The zero-order valence-corrected chi connectivity index (χ0v) is 18.5. The first-order chi connectivity index (χ1) is 16.4. The zero-order chi connectivity index (χ0) is 23.7. The van der Waals surface area contributed by atoms with E-state index in [2.05, 4.69) is 5.16 Å². The lowest BCUT2D eigenvalue weighted by Crippen LogP contribution is -2.40. The summed E-state index contributed by atoms with van der Waals surface area (Å²) < 4.78 is 50.3. The van der Waals surface area contributed by atoms with E-state index in [9.17, 15) is 18.0 Å². The number of fused-ring (bicyclic) bond motifs is 1. The van der Waals surface area contributed by atoms with Crippen LogP contribution in [0, 0.1) is 5.92 Å². The van der Waals surface area contributed by atoms with Gasteiger partial charge in [-0.05, 0) is 48.7 Å². The minimum Gasteiger partial charge on any atom is -0.454 e. The van der Waals surface area contributed by atoms with Crippen LogP contribution < -0.4 is 9.47 Å². The first kappa shape index (κ1) is 22.6. The van der Waals surface area contributed by atoms with Crippen LogP contribution >= 0.6 is 0 Å². The Labute approximate surface area is 195 Å². The number of hydrogen-bond acceptors (Lipinski definition) is 5. The molecule has 0 N–H and O–H groups in total. The Morgan fingerprint density at radius 3 is 2.65 bits per heavy atom. The van der Waals surface area contributed by atoms with Gasteiger partial charge in [-0.25, -0.2) is 0 Å². The van der Waals surface area contributed by atoms with Crippen LogP contribution in [0.15, 0.2) is 47.6 Å². The smallest absolute Gasteiger partial charge is 0.416 e. The maximum Gasteiger partial charge on any atom is 0.416 e. The van der Waals surface area contributed by atoms with Crippen molar-refractivity contribution >= 4 is 11.6 Å². The largest absolute Gasteiger partial charge is 0.454 e. The third-order valence-corrected chi connectivity index (χ3v) is 6.51. The van der Waals surface area contributed by atoms with Gasteiger partial charge in [-0.2, -0.15) is 13.2 Å². The van der Waals surface area contributed by atoms with Crippen molar-refractivity contribution in [3.8, 4) is 11.5 Å². The molecule has 0 aromatic heterocycles. The van der Waals surface area contributed by atoms with Crippen LogP contribution in [-0.4, -0.2) is 36.0 Å². The molecule has 1 fully saturated rings. The van der Waals surface area contributed by atoms with Gasteiger partial charge in [0, 0.05) is 24.4 Å². The summed E-state index contributed by atoms with van der Waals surface area (Å²) in [6.07, 6.45) is -0.729. The first-order valence-corrected chi connectivity index (χ1v) is 11.4. The second-order valence-electron chi connectivity index (χ2n) is 8.94. The van der Waals surface area contributed by atoms with Gasteiger partial charge in [0.25, 0.3) is 0 Å². The first-order valence-electron chi connectivity index (χ1n) is 11.4. The maximum absolute atomic E-state index is 13.3. The van der Waals surface area contributed by atoms with Gasteiger partial charge in [-0.15, -0.1) is 0 Å². The molecule has 1 saturated carbocycles. The third kappa shape index (κ3) is 4.83. The monoisotopic (exact) mass is 474 g/mol. The van der Waals surface area contributed by atoms with Crippen molar-refractivity contribution in [2.75, 3.05) is 13.3 Å². The number of carbonyl (C=O) groups excluding carboxylic acids is 1. The van der Waals surface area contributed by atoms with Crippen LogP contribution in [-0.2, 0) is 22.4 Å². The van der Waals surface area contributed by atoms with Crippen LogP contribution in [0.1, 0.15) is 48.8 Å². The highest BCUT2D eigenvalue weighted by atomic mass is 19.4. The minimum atomic E-state index is -4.43. The molecule has 0 spiro atoms. The number of alkyl halides is 3. The second kappa shape index (κ2) is 9.19. The molecule has 3 aliphatic rings. The Kier molecular flexibility index (Phi) is 6.10. The van der Waals surface area contributed by atoms with Gasteiger partial charge in [-0.1, -0.05) is 30.1 Å². The molecule has 0 bridgehead atoms. The zero-order valence-electron chi connectivity index (χ0n) is 18.5. The van der Waals surface area contributed by atoms with Crippen LogP contribution in [0.2, 0.25) is 0 Å². The third-order valence-electron chi connectivity index (χ3n) is 6.51. The minimum absolute atomic E-state index is 0.0324. The molecule has 2 aliphatic heterocycles. The number of nitrogens with zero attached hydrogens (tertiary/aromatic N) is 2. The van der Waals surface area contributed by atoms with E-state index in [0.29, 0.717) is 23.5 Å². The summed E-state index contributed by atoms with van der Waals surface area (Å²) >= 11 is 0. The molecular weight excluding hydrogens is 449 g/mol. The summed E-state index contributed by atoms with van der Waals surface area (Å²) in [4.78, 5) is 20.6. The van der Waals surface area contributed by atoms with Crippen molar-refractivity contribution in [3.63, 3.8) is 0 Å². The van der Waals surface area contributed by atoms with E-state index in [-0.39, 0.29) is 37.8 Å². The molecule has 0 unspecified atom stereocenters. The second-order valence-corrected chi connectivity index (χ2v) is 8.94. The Hall–Kier alpha value is -3.23. The molecular formula is C25H25F3N2O4. The van der Waals surface area contributed by atoms with Crippen molar-refractivity contribution in [2.45, 2.75) is 50.9 Å². The van der Waals surface area contributed by atoms with Crippen LogP contribution in [0.25, 0.3) is 0 Å². The fourth-order valence-electron chi connectivity index (χ4n) is 4.75. The molecule has 1 amide bonds. The number of benzene rings is 2. The number of halogens is 3. The fraction of sp³-hybridized carbons (Fsp3) is 0.440. The SMILES string of the molecule is O=C(C1CCCC1)N(Cc1cccc(C(F)(F)F)c1)C[C@@H]1CC(c2ccc3c(c2)OCO3)=NO1. The highest BCUT2D eigenvalue weighted by Gasteiger charge is 2.33. The summed E-state index contributed by atoms with van der Waals surface area (Å²) in [6.45, 7) is 0.528. The Morgan fingerprint density at radius 1 is 1.06 bits per heavy atom. The van der Waals surface area contributed by atoms with Gasteiger partial charge in [0.05, 0.1) is 17.8 Å².